The van der Waals surface area contributed by atoms with E-state index < -0.39 is 17.8 Å². The van der Waals surface area contributed by atoms with Crippen LogP contribution in [0, 0.1) is 5.82 Å². The highest BCUT2D eigenvalue weighted by Crippen LogP contribution is 2.14. The van der Waals surface area contributed by atoms with Crippen molar-refractivity contribution in [1.29, 1.82) is 0 Å². The van der Waals surface area contributed by atoms with Gasteiger partial charge in [-0.2, -0.15) is 9.90 Å². The summed E-state index contributed by atoms with van der Waals surface area (Å²) < 4.78 is 18.1. The van der Waals surface area contributed by atoms with Crippen molar-refractivity contribution >= 4 is 11.9 Å². The molecule has 0 amide bonds. The molecule has 0 fully saturated rings. The van der Waals surface area contributed by atoms with Crippen LogP contribution in [-0.4, -0.2) is 39.1 Å². The number of aromatic carboxylic acids is 1. The van der Waals surface area contributed by atoms with Crippen LogP contribution in [0.2, 0.25) is 0 Å². The number of benzene rings is 1. The normalized spacial score (nSPS) is 10.2. The van der Waals surface area contributed by atoms with Crippen LogP contribution in [0.5, 0.6) is 0 Å². The highest BCUT2D eigenvalue weighted by molar-refractivity contribution is 5.89. The van der Waals surface area contributed by atoms with Crippen LogP contribution in [0.3, 0.4) is 0 Å². The Hall–Kier alpha value is -2.77. The van der Waals surface area contributed by atoms with Gasteiger partial charge in [-0.3, -0.25) is 0 Å². The largest absolute Gasteiger partial charge is 0.476 e. The molecule has 1 heterocycles. The highest BCUT2D eigenvalue weighted by atomic mass is 19.1. The first-order valence-electron chi connectivity index (χ1n) is 5.07. The van der Waals surface area contributed by atoms with Gasteiger partial charge in [0.05, 0.1) is 24.6 Å². The minimum absolute atomic E-state index is 0.192. The second-order valence-electron chi connectivity index (χ2n) is 3.48. The van der Waals surface area contributed by atoms with Crippen molar-refractivity contribution in [3.63, 3.8) is 0 Å². The zero-order valence-electron chi connectivity index (χ0n) is 9.70. The van der Waals surface area contributed by atoms with Crippen molar-refractivity contribution in [2.24, 2.45) is 0 Å². The molecule has 19 heavy (non-hydrogen) atoms. The molecule has 1 N–H and O–H groups in total. The summed E-state index contributed by atoms with van der Waals surface area (Å²) in [5, 5.41) is 16.0. The Morgan fingerprint density at radius 3 is 2.68 bits per heavy atom. The maximum absolute atomic E-state index is 13.7. The highest BCUT2D eigenvalue weighted by Gasteiger charge is 2.14. The molecule has 1 aromatic heterocycles. The van der Waals surface area contributed by atoms with Crippen LogP contribution in [0.15, 0.2) is 24.4 Å². The molecule has 8 heteroatoms. The fourth-order valence-corrected chi connectivity index (χ4v) is 1.39. The van der Waals surface area contributed by atoms with Crippen molar-refractivity contribution in [2.75, 3.05) is 7.11 Å². The average Bonchev–Trinajstić information content (AvgIpc) is 2.87. The molecule has 0 aliphatic heterocycles. The van der Waals surface area contributed by atoms with Gasteiger partial charge in [-0.15, -0.1) is 5.10 Å². The van der Waals surface area contributed by atoms with E-state index in [2.05, 4.69) is 14.9 Å². The van der Waals surface area contributed by atoms with E-state index in [9.17, 15) is 14.0 Å². The first kappa shape index (κ1) is 12.7. The maximum Gasteiger partial charge on any atom is 0.358 e. The number of carboxylic acids is 1. The SMILES string of the molecule is COC(=O)c1ccc(-n2ncc(C(=O)O)n2)cc1F. The average molecular weight is 265 g/mol. The number of hydrogen-bond donors (Lipinski definition) is 1. The number of ether oxygens (including phenoxy) is 1. The number of esters is 1. The van der Waals surface area contributed by atoms with Gasteiger partial charge in [0.2, 0.25) is 0 Å². The number of methoxy groups -OCH3 is 1. The fourth-order valence-electron chi connectivity index (χ4n) is 1.39. The van der Waals surface area contributed by atoms with Crippen LogP contribution in [-0.2, 0) is 4.74 Å². The van der Waals surface area contributed by atoms with Gasteiger partial charge in [-0.05, 0) is 12.1 Å². The lowest BCUT2D eigenvalue weighted by molar-refractivity contribution is 0.0594. The van der Waals surface area contributed by atoms with E-state index in [-0.39, 0.29) is 16.9 Å². The van der Waals surface area contributed by atoms with E-state index in [4.69, 9.17) is 5.11 Å². The minimum atomic E-state index is -1.24. The Bertz CT molecular complexity index is 653. The molecule has 0 unspecified atom stereocenters. The summed E-state index contributed by atoms with van der Waals surface area (Å²) >= 11 is 0. The molecule has 0 atom stereocenters. The van der Waals surface area contributed by atoms with Crippen molar-refractivity contribution in [3.05, 3.63) is 41.5 Å². The number of carbonyl (C=O) groups is 2. The zero-order chi connectivity index (χ0) is 14.0. The second kappa shape index (κ2) is 4.84. The van der Waals surface area contributed by atoms with Gasteiger partial charge in [0.25, 0.3) is 0 Å². The third-order valence-corrected chi connectivity index (χ3v) is 2.30. The molecule has 0 aliphatic carbocycles. The van der Waals surface area contributed by atoms with Crippen molar-refractivity contribution in [1.82, 2.24) is 15.0 Å². The third kappa shape index (κ3) is 2.41. The van der Waals surface area contributed by atoms with E-state index in [1.165, 1.54) is 12.1 Å². The standard InChI is InChI=1S/C11H8FN3O4/c1-19-11(18)7-3-2-6(4-8(7)12)15-13-5-9(14-15)10(16)17/h2-5H,1H3,(H,16,17). The van der Waals surface area contributed by atoms with E-state index in [0.717, 1.165) is 24.2 Å². The third-order valence-electron chi connectivity index (χ3n) is 2.30. The molecule has 0 aliphatic rings. The predicted octanol–water partition coefficient (Wildman–Crippen LogP) is 0.891. The van der Waals surface area contributed by atoms with Gasteiger partial charge in [0.15, 0.2) is 5.69 Å². The van der Waals surface area contributed by atoms with Gasteiger partial charge >= 0.3 is 11.9 Å². The molecule has 2 rings (SSSR count). The smallest absolute Gasteiger partial charge is 0.358 e. The van der Waals surface area contributed by atoms with Crippen LogP contribution in [0.25, 0.3) is 5.69 Å². The summed E-state index contributed by atoms with van der Waals surface area (Å²) in [6.45, 7) is 0. The van der Waals surface area contributed by atoms with Crippen LogP contribution < -0.4 is 0 Å². The number of aromatic nitrogens is 3. The Kier molecular flexibility index (Phi) is 3.23. The number of halogens is 1. The Balaban J connectivity index is 2.38. The van der Waals surface area contributed by atoms with Gasteiger partial charge in [0.1, 0.15) is 5.82 Å². The van der Waals surface area contributed by atoms with Gasteiger partial charge < -0.3 is 9.84 Å². The van der Waals surface area contributed by atoms with Crippen LogP contribution >= 0.6 is 0 Å². The Morgan fingerprint density at radius 2 is 2.16 bits per heavy atom. The predicted molar refractivity (Wildman–Crippen MR) is 59.6 cm³/mol. The number of hydrogen-bond acceptors (Lipinski definition) is 5. The van der Waals surface area contributed by atoms with Crippen LogP contribution in [0.1, 0.15) is 20.8 Å². The molecule has 7 nitrogen and oxygen atoms in total. The van der Waals surface area contributed by atoms with Crippen molar-refractivity contribution < 1.29 is 23.8 Å². The van der Waals surface area contributed by atoms with Crippen molar-refractivity contribution in [2.45, 2.75) is 0 Å². The molecular formula is C11H8FN3O4. The molecule has 98 valence electrons. The lowest BCUT2D eigenvalue weighted by atomic mass is 10.2. The molecule has 0 saturated heterocycles. The van der Waals surface area contributed by atoms with E-state index in [1.54, 1.807) is 0 Å². The fraction of sp³-hybridized carbons (Fsp3) is 0.0909. The summed E-state index contributed by atoms with van der Waals surface area (Å²) in [6.07, 6.45) is 1.04. The quantitative estimate of drug-likeness (QED) is 0.828. The monoisotopic (exact) mass is 265 g/mol. The number of carboxylic acid groups (broad SMARTS) is 1. The lowest BCUT2D eigenvalue weighted by Gasteiger charge is -2.03. The van der Waals surface area contributed by atoms with Crippen LogP contribution in [0.4, 0.5) is 4.39 Å². The maximum atomic E-state index is 13.7. The Morgan fingerprint density at radius 1 is 1.42 bits per heavy atom. The lowest BCUT2D eigenvalue weighted by Crippen LogP contribution is -2.07. The number of carbonyl (C=O) groups excluding carboxylic acids is 1. The topological polar surface area (TPSA) is 94.3 Å². The number of rotatable bonds is 3. The molecule has 0 spiro atoms. The summed E-state index contributed by atoms with van der Waals surface area (Å²) in [5.74, 6) is -2.85. The minimum Gasteiger partial charge on any atom is -0.476 e. The summed E-state index contributed by atoms with van der Waals surface area (Å²) in [5.41, 5.74) is -0.299. The van der Waals surface area contributed by atoms with E-state index in [1.807, 2.05) is 0 Å². The molecular weight excluding hydrogens is 257 g/mol. The molecule has 0 radical (unpaired) electrons. The summed E-state index contributed by atoms with van der Waals surface area (Å²) in [7, 11) is 1.14. The van der Waals surface area contributed by atoms with Gasteiger partial charge in [0, 0.05) is 6.07 Å². The zero-order valence-corrected chi connectivity index (χ0v) is 9.70. The first-order chi connectivity index (χ1) is 9.02. The van der Waals surface area contributed by atoms with E-state index in [0.29, 0.717) is 0 Å². The first-order valence-corrected chi connectivity index (χ1v) is 5.07. The molecule has 1 aromatic carbocycles. The van der Waals surface area contributed by atoms with Crippen molar-refractivity contribution in [3.8, 4) is 5.69 Å². The molecule has 0 saturated carbocycles. The summed E-state index contributed by atoms with van der Waals surface area (Å²) in [4.78, 5) is 22.8. The number of nitrogens with zero attached hydrogens (tertiary/aromatic N) is 3. The molecule has 2 aromatic rings. The Labute approximate surface area is 106 Å². The molecule has 0 bridgehead atoms. The second-order valence-corrected chi connectivity index (χ2v) is 3.48. The van der Waals surface area contributed by atoms with Gasteiger partial charge in [-0.25, -0.2) is 14.0 Å². The summed E-state index contributed by atoms with van der Waals surface area (Å²) in [6, 6.07) is 3.60. The van der Waals surface area contributed by atoms with E-state index >= 15 is 0 Å². The van der Waals surface area contributed by atoms with Gasteiger partial charge in [-0.1, -0.05) is 0 Å².